The fourth-order valence-corrected chi connectivity index (χ4v) is 2.58. The molecular weight excluding hydrogens is 357 g/mol. The van der Waals surface area contributed by atoms with Gasteiger partial charge in [-0.15, -0.1) is 0 Å². The van der Waals surface area contributed by atoms with E-state index >= 15 is 0 Å². The lowest BCUT2D eigenvalue weighted by atomic mass is 10.1. The molecule has 0 amide bonds. The van der Waals surface area contributed by atoms with Crippen LogP contribution in [-0.4, -0.2) is 31.5 Å². The second kappa shape index (κ2) is 8.60. The molecule has 1 aromatic rings. The quantitative estimate of drug-likeness (QED) is 0.682. The van der Waals surface area contributed by atoms with Crippen LogP contribution in [0.15, 0.2) is 12.1 Å². The largest absolute Gasteiger partial charge is 0.493 e. The SMILES string of the molecule is CCOc1c(I)cc(CN[C@H](CC)CO)cc1OC. The Morgan fingerprint density at radius 2 is 2.11 bits per heavy atom. The van der Waals surface area contributed by atoms with Crippen LogP contribution >= 0.6 is 22.6 Å². The van der Waals surface area contributed by atoms with Crippen molar-refractivity contribution in [3.63, 3.8) is 0 Å². The van der Waals surface area contributed by atoms with E-state index in [9.17, 15) is 0 Å². The van der Waals surface area contributed by atoms with E-state index < -0.39 is 0 Å². The van der Waals surface area contributed by atoms with Crippen molar-refractivity contribution >= 4 is 22.6 Å². The molecule has 0 radical (unpaired) electrons. The Morgan fingerprint density at radius 3 is 2.63 bits per heavy atom. The minimum atomic E-state index is 0.134. The molecule has 0 unspecified atom stereocenters. The maximum absolute atomic E-state index is 9.16. The molecule has 1 rings (SSSR count). The van der Waals surface area contributed by atoms with E-state index in [1.54, 1.807) is 7.11 Å². The number of hydrogen-bond acceptors (Lipinski definition) is 4. The predicted octanol–water partition coefficient (Wildman–Crippen LogP) is 2.56. The first-order chi connectivity index (χ1) is 9.15. The fourth-order valence-electron chi connectivity index (χ4n) is 1.76. The van der Waals surface area contributed by atoms with Gasteiger partial charge in [0, 0.05) is 12.6 Å². The summed E-state index contributed by atoms with van der Waals surface area (Å²) in [4.78, 5) is 0. The molecule has 0 aromatic heterocycles. The highest BCUT2D eigenvalue weighted by molar-refractivity contribution is 14.1. The smallest absolute Gasteiger partial charge is 0.174 e. The molecule has 0 saturated heterocycles. The predicted molar refractivity (Wildman–Crippen MR) is 84.9 cm³/mol. The van der Waals surface area contributed by atoms with E-state index in [0.29, 0.717) is 13.2 Å². The number of benzene rings is 1. The summed E-state index contributed by atoms with van der Waals surface area (Å²) in [5, 5.41) is 12.5. The number of hydrogen-bond donors (Lipinski definition) is 2. The molecule has 1 aromatic carbocycles. The Labute approximate surface area is 128 Å². The highest BCUT2D eigenvalue weighted by Gasteiger charge is 2.12. The van der Waals surface area contributed by atoms with Crippen LogP contribution in [0, 0.1) is 3.57 Å². The molecule has 0 saturated carbocycles. The highest BCUT2D eigenvalue weighted by atomic mass is 127. The standard InChI is InChI=1S/C14H22INO3/c1-4-11(9-17)16-8-10-6-12(15)14(19-5-2)13(7-10)18-3/h6-7,11,16-17H,4-5,8-9H2,1-3H3/t11-/m1/s1. The lowest BCUT2D eigenvalue weighted by Gasteiger charge is -2.16. The Bertz CT molecular complexity index is 395. The van der Waals surface area contributed by atoms with E-state index in [1.807, 2.05) is 13.0 Å². The summed E-state index contributed by atoms with van der Waals surface area (Å²) in [6.07, 6.45) is 0.905. The third kappa shape index (κ3) is 4.81. The van der Waals surface area contributed by atoms with Gasteiger partial charge in [-0.2, -0.15) is 0 Å². The molecule has 108 valence electrons. The van der Waals surface area contributed by atoms with Crippen LogP contribution in [0.3, 0.4) is 0 Å². The number of ether oxygens (including phenoxy) is 2. The summed E-state index contributed by atoms with van der Waals surface area (Å²) in [5.74, 6) is 1.55. The van der Waals surface area contributed by atoms with Crippen molar-refractivity contribution in [2.75, 3.05) is 20.3 Å². The molecule has 0 fully saturated rings. The summed E-state index contributed by atoms with van der Waals surface area (Å²) in [6, 6.07) is 4.19. The van der Waals surface area contributed by atoms with Gasteiger partial charge in [0.15, 0.2) is 11.5 Å². The minimum Gasteiger partial charge on any atom is -0.493 e. The van der Waals surface area contributed by atoms with Gasteiger partial charge in [-0.05, 0) is 53.6 Å². The van der Waals surface area contributed by atoms with Crippen LogP contribution < -0.4 is 14.8 Å². The topological polar surface area (TPSA) is 50.7 Å². The number of rotatable bonds is 8. The van der Waals surface area contributed by atoms with Crippen LogP contribution in [0.4, 0.5) is 0 Å². The van der Waals surface area contributed by atoms with Gasteiger partial charge < -0.3 is 19.9 Å². The molecule has 0 bridgehead atoms. The zero-order valence-electron chi connectivity index (χ0n) is 11.7. The fraction of sp³-hybridized carbons (Fsp3) is 0.571. The van der Waals surface area contributed by atoms with Gasteiger partial charge >= 0.3 is 0 Å². The van der Waals surface area contributed by atoms with Gasteiger partial charge in [0.05, 0.1) is 23.9 Å². The third-order valence-electron chi connectivity index (χ3n) is 2.89. The first-order valence-electron chi connectivity index (χ1n) is 6.49. The molecule has 2 N–H and O–H groups in total. The van der Waals surface area contributed by atoms with E-state index in [2.05, 4.69) is 40.9 Å². The number of halogens is 1. The first kappa shape index (κ1) is 16.5. The molecule has 0 aliphatic heterocycles. The van der Waals surface area contributed by atoms with Crippen molar-refractivity contribution in [2.45, 2.75) is 32.9 Å². The second-order valence-corrected chi connectivity index (χ2v) is 5.37. The normalized spacial score (nSPS) is 12.3. The number of nitrogens with one attached hydrogen (secondary N) is 1. The van der Waals surface area contributed by atoms with E-state index in [0.717, 1.165) is 27.1 Å². The molecule has 4 nitrogen and oxygen atoms in total. The van der Waals surface area contributed by atoms with Crippen LogP contribution in [0.5, 0.6) is 11.5 Å². The lowest BCUT2D eigenvalue weighted by Crippen LogP contribution is -2.31. The average Bonchev–Trinajstić information content (AvgIpc) is 2.42. The van der Waals surface area contributed by atoms with Gasteiger partial charge in [-0.1, -0.05) is 6.92 Å². The van der Waals surface area contributed by atoms with Crippen molar-refractivity contribution in [3.05, 3.63) is 21.3 Å². The second-order valence-electron chi connectivity index (χ2n) is 4.21. The Balaban J connectivity index is 2.83. The van der Waals surface area contributed by atoms with Gasteiger partial charge in [0.1, 0.15) is 0 Å². The summed E-state index contributed by atoms with van der Waals surface area (Å²) in [6.45, 7) is 5.49. The first-order valence-corrected chi connectivity index (χ1v) is 7.57. The summed E-state index contributed by atoms with van der Waals surface area (Å²) >= 11 is 2.25. The monoisotopic (exact) mass is 379 g/mol. The van der Waals surface area contributed by atoms with Crippen LogP contribution in [0.25, 0.3) is 0 Å². The van der Waals surface area contributed by atoms with Crippen LogP contribution in [0.1, 0.15) is 25.8 Å². The zero-order valence-corrected chi connectivity index (χ0v) is 13.9. The molecule has 0 spiro atoms. The van der Waals surface area contributed by atoms with Gasteiger partial charge in [0.2, 0.25) is 0 Å². The van der Waals surface area contributed by atoms with Gasteiger partial charge in [-0.3, -0.25) is 0 Å². The number of methoxy groups -OCH3 is 1. The number of aliphatic hydroxyl groups is 1. The van der Waals surface area contributed by atoms with Crippen molar-refractivity contribution in [2.24, 2.45) is 0 Å². The van der Waals surface area contributed by atoms with Gasteiger partial charge in [-0.25, -0.2) is 0 Å². The van der Waals surface area contributed by atoms with E-state index in [-0.39, 0.29) is 12.6 Å². The number of aliphatic hydroxyl groups excluding tert-OH is 1. The molecule has 0 aliphatic rings. The van der Waals surface area contributed by atoms with Crippen molar-refractivity contribution in [1.29, 1.82) is 0 Å². The summed E-state index contributed by atoms with van der Waals surface area (Å²) < 4.78 is 12.0. The van der Waals surface area contributed by atoms with Gasteiger partial charge in [0.25, 0.3) is 0 Å². The van der Waals surface area contributed by atoms with Crippen molar-refractivity contribution < 1.29 is 14.6 Å². The Morgan fingerprint density at radius 1 is 1.37 bits per heavy atom. The molecule has 5 heteroatoms. The lowest BCUT2D eigenvalue weighted by molar-refractivity contribution is 0.238. The minimum absolute atomic E-state index is 0.134. The molecule has 0 heterocycles. The molecule has 0 aliphatic carbocycles. The highest BCUT2D eigenvalue weighted by Crippen LogP contribution is 2.33. The van der Waals surface area contributed by atoms with Crippen LogP contribution in [-0.2, 0) is 6.54 Å². The third-order valence-corrected chi connectivity index (χ3v) is 3.69. The Hall–Kier alpha value is -0.530. The maximum atomic E-state index is 9.16. The summed E-state index contributed by atoms with van der Waals surface area (Å²) in [7, 11) is 1.65. The Kier molecular flexibility index (Phi) is 7.48. The zero-order chi connectivity index (χ0) is 14.3. The van der Waals surface area contributed by atoms with E-state index in [4.69, 9.17) is 14.6 Å². The van der Waals surface area contributed by atoms with Crippen molar-refractivity contribution in [3.8, 4) is 11.5 Å². The van der Waals surface area contributed by atoms with Crippen LogP contribution in [0.2, 0.25) is 0 Å². The molecule has 19 heavy (non-hydrogen) atoms. The summed E-state index contributed by atoms with van der Waals surface area (Å²) in [5.41, 5.74) is 1.12. The molecule has 1 atom stereocenters. The maximum Gasteiger partial charge on any atom is 0.174 e. The van der Waals surface area contributed by atoms with E-state index in [1.165, 1.54) is 0 Å². The average molecular weight is 379 g/mol. The molecular formula is C14H22INO3. The van der Waals surface area contributed by atoms with Crippen molar-refractivity contribution in [1.82, 2.24) is 5.32 Å².